The average Bonchev–Trinajstić information content (AvgIpc) is 2.28. The third-order valence-corrected chi connectivity index (χ3v) is 3.90. The highest BCUT2D eigenvalue weighted by molar-refractivity contribution is 5.03. The maximum absolute atomic E-state index is 9.17. The molecule has 0 spiro atoms. The van der Waals surface area contributed by atoms with E-state index in [1.54, 1.807) is 0 Å². The molecule has 3 atom stereocenters. The molecule has 3 unspecified atom stereocenters. The van der Waals surface area contributed by atoms with Gasteiger partial charge in [0, 0.05) is 13.0 Å². The molecule has 1 saturated carbocycles. The van der Waals surface area contributed by atoms with Crippen LogP contribution in [-0.4, -0.2) is 24.8 Å². The van der Waals surface area contributed by atoms with Crippen LogP contribution in [0.5, 0.6) is 0 Å². The molecule has 3 heteroatoms. The fourth-order valence-electron chi connectivity index (χ4n) is 3.01. The van der Waals surface area contributed by atoms with Crippen molar-refractivity contribution in [3.05, 3.63) is 0 Å². The number of hydrogen-bond acceptors (Lipinski definition) is 3. The highest BCUT2D eigenvalue weighted by Gasteiger charge is 2.26. The van der Waals surface area contributed by atoms with Crippen LogP contribution in [0.15, 0.2) is 0 Å². The Morgan fingerprint density at radius 3 is 2.39 bits per heavy atom. The first kappa shape index (κ1) is 15.5. The van der Waals surface area contributed by atoms with Gasteiger partial charge in [0.05, 0.1) is 12.2 Å². The van der Waals surface area contributed by atoms with Crippen molar-refractivity contribution in [1.82, 2.24) is 5.32 Å². The van der Waals surface area contributed by atoms with Crippen molar-refractivity contribution in [3.8, 4) is 6.07 Å². The van der Waals surface area contributed by atoms with Crippen LogP contribution < -0.4 is 5.32 Å². The van der Waals surface area contributed by atoms with Gasteiger partial charge in [-0.05, 0) is 44.6 Å². The summed E-state index contributed by atoms with van der Waals surface area (Å²) in [5.41, 5.74) is -0.444. The van der Waals surface area contributed by atoms with Gasteiger partial charge in [-0.25, -0.2) is 0 Å². The summed E-state index contributed by atoms with van der Waals surface area (Å²) in [7, 11) is 0. The Balaban J connectivity index is 2.30. The molecule has 0 amide bonds. The van der Waals surface area contributed by atoms with E-state index in [9.17, 15) is 0 Å². The minimum atomic E-state index is -0.444. The summed E-state index contributed by atoms with van der Waals surface area (Å²) in [5.74, 6) is 1.55. The maximum atomic E-state index is 9.17. The molecule has 104 valence electrons. The molecule has 0 heterocycles. The van der Waals surface area contributed by atoms with E-state index in [4.69, 9.17) is 10.00 Å². The summed E-state index contributed by atoms with van der Waals surface area (Å²) in [5, 5.41) is 12.4. The third-order valence-electron chi connectivity index (χ3n) is 3.90. The van der Waals surface area contributed by atoms with Gasteiger partial charge in [-0.1, -0.05) is 20.8 Å². The summed E-state index contributed by atoms with van der Waals surface area (Å²) >= 11 is 0. The van der Waals surface area contributed by atoms with E-state index >= 15 is 0 Å². The minimum absolute atomic E-state index is 0.397. The van der Waals surface area contributed by atoms with Crippen molar-refractivity contribution in [2.75, 3.05) is 13.2 Å². The Morgan fingerprint density at radius 1 is 1.28 bits per heavy atom. The number of rotatable bonds is 6. The lowest BCUT2D eigenvalue weighted by Gasteiger charge is -2.32. The van der Waals surface area contributed by atoms with Crippen molar-refractivity contribution in [1.29, 1.82) is 5.26 Å². The predicted molar refractivity (Wildman–Crippen MR) is 74.2 cm³/mol. The fourth-order valence-corrected chi connectivity index (χ4v) is 3.01. The zero-order chi connectivity index (χ0) is 13.6. The van der Waals surface area contributed by atoms with Gasteiger partial charge in [-0.3, -0.25) is 5.32 Å². The highest BCUT2D eigenvalue weighted by atomic mass is 16.5. The van der Waals surface area contributed by atoms with Crippen LogP contribution in [0.4, 0.5) is 0 Å². The lowest BCUT2D eigenvalue weighted by Crippen LogP contribution is -2.42. The van der Waals surface area contributed by atoms with Crippen LogP contribution in [0, 0.1) is 23.2 Å². The van der Waals surface area contributed by atoms with Crippen molar-refractivity contribution in [3.63, 3.8) is 0 Å². The molecule has 1 aliphatic rings. The number of nitrogens with one attached hydrogen (secondary N) is 1. The lowest BCUT2D eigenvalue weighted by molar-refractivity contribution is -0.00467. The SMILES string of the molecule is CCNC(C)(C#N)CCOC1CC(C)CC(C)C1. The number of nitrogens with zero attached hydrogens (tertiary/aromatic N) is 1. The van der Waals surface area contributed by atoms with E-state index < -0.39 is 5.54 Å². The van der Waals surface area contributed by atoms with E-state index in [1.807, 2.05) is 13.8 Å². The molecule has 0 aliphatic heterocycles. The molecule has 1 fully saturated rings. The second-order valence-electron chi connectivity index (χ2n) is 6.13. The average molecular weight is 252 g/mol. The predicted octanol–water partition coefficient (Wildman–Crippen LogP) is 3.11. The van der Waals surface area contributed by atoms with E-state index in [1.165, 1.54) is 19.3 Å². The molecule has 0 saturated heterocycles. The smallest absolute Gasteiger partial charge is 0.106 e. The molecule has 0 aromatic carbocycles. The molecule has 18 heavy (non-hydrogen) atoms. The molecular weight excluding hydrogens is 224 g/mol. The normalized spacial score (nSPS) is 31.6. The topological polar surface area (TPSA) is 45.0 Å². The number of hydrogen-bond donors (Lipinski definition) is 1. The van der Waals surface area contributed by atoms with Crippen LogP contribution >= 0.6 is 0 Å². The molecule has 0 aromatic heterocycles. The summed E-state index contributed by atoms with van der Waals surface area (Å²) in [6.45, 7) is 10.1. The summed E-state index contributed by atoms with van der Waals surface area (Å²) in [6, 6.07) is 2.34. The minimum Gasteiger partial charge on any atom is -0.378 e. The standard InChI is InChI=1S/C15H28N2O/c1-5-17-15(4,11-16)6-7-18-14-9-12(2)8-13(3)10-14/h12-14,17H,5-10H2,1-4H3. The largest absolute Gasteiger partial charge is 0.378 e. The zero-order valence-electron chi connectivity index (χ0n) is 12.3. The van der Waals surface area contributed by atoms with Crippen LogP contribution in [-0.2, 0) is 4.74 Å². The van der Waals surface area contributed by atoms with E-state index in [0.29, 0.717) is 12.7 Å². The van der Waals surface area contributed by atoms with E-state index in [-0.39, 0.29) is 0 Å². The van der Waals surface area contributed by atoms with Crippen molar-refractivity contribution in [2.45, 2.75) is 65.0 Å². The first-order chi connectivity index (χ1) is 8.49. The van der Waals surface area contributed by atoms with Gasteiger partial charge in [0.15, 0.2) is 0 Å². The molecule has 0 radical (unpaired) electrons. The van der Waals surface area contributed by atoms with Crippen LogP contribution in [0.3, 0.4) is 0 Å². The fraction of sp³-hybridized carbons (Fsp3) is 0.933. The summed E-state index contributed by atoms with van der Waals surface area (Å²) in [4.78, 5) is 0. The Hall–Kier alpha value is -0.590. The van der Waals surface area contributed by atoms with Gasteiger partial charge in [-0.2, -0.15) is 5.26 Å². The maximum Gasteiger partial charge on any atom is 0.106 e. The summed E-state index contributed by atoms with van der Waals surface area (Å²) in [6.07, 6.45) is 4.83. The number of ether oxygens (including phenoxy) is 1. The highest BCUT2D eigenvalue weighted by Crippen LogP contribution is 2.30. The van der Waals surface area contributed by atoms with Gasteiger partial charge in [0.25, 0.3) is 0 Å². The first-order valence-corrected chi connectivity index (χ1v) is 7.27. The van der Waals surface area contributed by atoms with Crippen molar-refractivity contribution in [2.24, 2.45) is 11.8 Å². The second-order valence-corrected chi connectivity index (χ2v) is 6.13. The Morgan fingerprint density at radius 2 is 1.89 bits per heavy atom. The van der Waals surface area contributed by atoms with Crippen molar-refractivity contribution < 1.29 is 4.74 Å². The lowest BCUT2D eigenvalue weighted by atomic mass is 9.82. The molecule has 0 bridgehead atoms. The zero-order valence-corrected chi connectivity index (χ0v) is 12.3. The van der Waals surface area contributed by atoms with E-state index in [0.717, 1.165) is 24.8 Å². The Kier molecular flexibility index (Phi) is 6.11. The third kappa shape index (κ3) is 4.96. The molecule has 1 aliphatic carbocycles. The molecule has 1 rings (SSSR count). The second kappa shape index (κ2) is 7.11. The Labute approximate surface area is 112 Å². The quantitative estimate of drug-likeness (QED) is 0.790. The summed E-state index contributed by atoms with van der Waals surface area (Å²) < 4.78 is 5.98. The molecular formula is C15H28N2O. The van der Waals surface area contributed by atoms with Crippen LogP contribution in [0.1, 0.15) is 53.4 Å². The number of nitriles is 1. The van der Waals surface area contributed by atoms with Gasteiger partial charge in [-0.15, -0.1) is 0 Å². The molecule has 1 N–H and O–H groups in total. The van der Waals surface area contributed by atoms with Gasteiger partial charge in [0.2, 0.25) is 0 Å². The van der Waals surface area contributed by atoms with Gasteiger partial charge >= 0.3 is 0 Å². The molecule has 0 aromatic rings. The first-order valence-electron chi connectivity index (χ1n) is 7.27. The van der Waals surface area contributed by atoms with Crippen molar-refractivity contribution >= 4 is 0 Å². The monoisotopic (exact) mass is 252 g/mol. The Bertz CT molecular complexity index is 277. The van der Waals surface area contributed by atoms with Gasteiger partial charge in [0.1, 0.15) is 5.54 Å². The van der Waals surface area contributed by atoms with Crippen LogP contribution in [0.25, 0.3) is 0 Å². The van der Waals surface area contributed by atoms with Gasteiger partial charge < -0.3 is 4.74 Å². The van der Waals surface area contributed by atoms with Crippen LogP contribution in [0.2, 0.25) is 0 Å². The van der Waals surface area contributed by atoms with E-state index in [2.05, 4.69) is 25.2 Å². The molecule has 3 nitrogen and oxygen atoms in total.